The highest BCUT2D eigenvalue weighted by Crippen LogP contribution is 2.33. The van der Waals surface area contributed by atoms with Crippen LogP contribution in [0.1, 0.15) is 64.3 Å². The molecule has 176 valence electrons. The number of unbranched alkanes of at least 4 members (excludes halogenated alkanes) is 2. The number of aromatic nitrogens is 1. The fourth-order valence-corrected chi connectivity index (χ4v) is 6.46. The van der Waals surface area contributed by atoms with Gasteiger partial charge in [0.25, 0.3) is 0 Å². The monoisotopic (exact) mass is 482 g/mol. The molecule has 1 aromatic heterocycles. The Hall–Kier alpha value is -1.98. The van der Waals surface area contributed by atoms with Gasteiger partial charge in [0, 0.05) is 34.7 Å². The van der Waals surface area contributed by atoms with E-state index in [4.69, 9.17) is 5.11 Å². The summed E-state index contributed by atoms with van der Waals surface area (Å²) in [7, 11) is 0. The Morgan fingerprint density at radius 1 is 1.25 bits per heavy atom. The second kappa shape index (κ2) is 11.8. The van der Waals surface area contributed by atoms with Gasteiger partial charge in [-0.25, -0.2) is 19.4 Å². The number of carbonyl (C=O) groups is 3. The van der Waals surface area contributed by atoms with Gasteiger partial charge in [-0.2, -0.15) is 23.5 Å². The molecular weight excluding hydrogens is 452 g/mol. The maximum Gasteiger partial charge on any atom is 0.355 e. The zero-order valence-corrected chi connectivity index (χ0v) is 19.6. The molecule has 0 aromatic carbocycles. The molecule has 2 aliphatic rings. The number of carboxylic acid groups (broad SMARTS) is 2. The number of hydrogen-bond acceptors (Lipinski definition) is 7. The number of nitrogens with one attached hydrogen (secondary N) is 3. The lowest BCUT2D eigenvalue weighted by Crippen LogP contribution is -2.36. The van der Waals surface area contributed by atoms with Crippen LogP contribution in [0.15, 0.2) is 12.3 Å². The third-order valence-corrected chi connectivity index (χ3v) is 8.46. The van der Waals surface area contributed by atoms with Crippen LogP contribution < -0.4 is 16.0 Å². The lowest BCUT2D eigenvalue weighted by Gasteiger charge is -2.16. The van der Waals surface area contributed by atoms with E-state index in [0.29, 0.717) is 16.9 Å². The predicted octanol–water partition coefficient (Wildman–Crippen LogP) is 2.59. The van der Waals surface area contributed by atoms with E-state index in [1.165, 1.54) is 12.3 Å². The largest absolute Gasteiger partial charge is 0.478 e. The molecule has 11 heteroatoms. The minimum absolute atomic E-state index is 0.0172. The Morgan fingerprint density at radius 3 is 2.81 bits per heavy atom. The van der Waals surface area contributed by atoms with E-state index in [1.54, 1.807) is 11.8 Å². The number of nitrogens with zero attached hydrogens (tertiary/aromatic N) is 1. The van der Waals surface area contributed by atoms with Crippen molar-refractivity contribution in [3.05, 3.63) is 29.1 Å². The summed E-state index contributed by atoms with van der Waals surface area (Å²) in [4.78, 5) is 37.7. The Bertz CT molecular complexity index is 840. The lowest BCUT2D eigenvalue weighted by molar-refractivity contribution is 0.0646. The van der Waals surface area contributed by atoms with E-state index >= 15 is 0 Å². The maximum absolute atomic E-state index is 11.4. The molecule has 3 rings (SSSR count). The highest BCUT2D eigenvalue weighted by Gasteiger charge is 2.42. The minimum atomic E-state index is -1.34. The first-order valence-corrected chi connectivity index (χ1v) is 12.9. The smallest absolute Gasteiger partial charge is 0.355 e. The maximum atomic E-state index is 11.4. The number of hydrogen-bond donors (Lipinski definition) is 5. The minimum Gasteiger partial charge on any atom is -0.478 e. The molecule has 2 fully saturated rings. The first-order valence-electron chi connectivity index (χ1n) is 10.8. The summed E-state index contributed by atoms with van der Waals surface area (Å²) in [6.45, 7) is 3.76. The van der Waals surface area contributed by atoms with Crippen LogP contribution in [0.25, 0.3) is 0 Å². The number of urea groups is 1. The molecule has 32 heavy (non-hydrogen) atoms. The summed E-state index contributed by atoms with van der Waals surface area (Å²) >= 11 is 3.63. The fraction of sp³-hybridized carbons (Fsp3) is 0.619. The van der Waals surface area contributed by atoms with Crippen molar-refractivity contribution in [1.82, 2.24) is 20.9 Å². The van der Waals surface area contributed by atoms with Gasteiger partial charge in [-0.05, 0) is 37.9 Å². The van der Waals surface area contributed by atoms with Gasteiger partial charge < -0.3 is 26.2 Å². The lowest BCUT2D eigenvalue weighted by atomic mass is 10.0. The van der Waals surface area contributed by atoms with Crippen LogP contribution in [0.5, 0.6) is 0 Å². The van der Waals surface area contributed by atoms with Crippen molar-refractivity contribution in [2.75, 3.05) is 24.6 Å². The molecule has 0 radical (unpaired) electrons. The van der Waals surface area contributed by atoms with Gasteiger partial charge in [0.15, 0.2) is 5.69 Å². The van der Waals surface area contributed by atoms with Gasteiger partial charge in [-0.15, -0.1) is 0 Å². The number of carbonyl (C=O) groups excluding carboxylic acids is 1. The molecule has 3 heterocycles. The molecule has 2 saturated heterocycles. The number of aromatic carboxylic acids is 2. The summed E-state index contributed by atoms with van der Waals surface area (Å²) in [5.74, 6) is -0.763. The number of thioether (sulfide) groups is 2. The molecule has 0 spiro atoms. The van der Waals surface area contributed by atoms with Crippen LogP contribution in [0.3, 0.4) is 0 Å². The van der Waals surface area contributed by atoms with E-state index < -0.39 is 17.6 Å². The van der Waals surface area contributed by atoms with E-state index in [2.05, 4.69) is 20.9 Å². The summed E-state index contributed by atoms with van der Waals surface area (Å²) < 4.78 is 0. The van der Waals surface area contributed by atoms with Crippen LogP contribution in [-0.2, 0) is 0 Å². The molecule has 2 amide bonds. The van der Waals surface area contributed by atoms with E-state index in [1.807, 2.05) is 18.7 Å². The second-order valence-electron chi connectivity index (χ2n) is 8.01. The molecule has 0 bridgehead atoms. The van der Waals surface area contributed by atoms with Gasteiger partial charge in [-0.1, -0.05) is 12.8 Å². The van der Waals surface area contributed by atoms with Crippen LogP contribution >= 0.6 is 23.5 Å². The van der Waals surface area contributed by atoms with E-state index in [-0.39, 0.29) is 22.9 Å². The normalized spacial score (nSPS) is 22.8. The molecule has 0 saturated carbocycles. The number of pyridine rings is 1. The Morgan fingerprint density at radius 2 is 2.06 bits per heavy atom. The zero-order chi connectivity index (χ0) is 23.1. The summed E-state index contributed by atoms with van der Waals surface area (Å²) in [5, 5.41) is 28.3. The Kier molecular flexibility index (Phi) is 9.06. The number of rotatable bonds is 13. The molecule has 5 N–H and O–H groups in total. The van der Waals surface area contributed by atoms with Crippen LogP contribution in [0.2, 0.25) is 0 Å². The average Bonchev–Trinajstić information content (AvgIpc) is 3.31. The van der Waals surface area contributed by atoms with Gasteiger partial charge in [0.1, 0.15) is 0 Å². The summed E-state index contributed by atoms with van der Waals surface area (Å²) in [6.07, 6.45) is 6.01. The van der Waals surface area contributed by atoms with Crippen molar-refractivity contribution in [3.63, 3.8) is 0 Å². The summed E-state index contributed by atoms with van der Waals surface area (Å²) in [6, 6.07) is 1.95. The average molecular weight is 483 g/mol. The van der Waals surface area contributed by atoms with Crippen molar-refractivity contribution in [2.45, 2.75) is 55.2 Å². The van der Waals surface area contributed by atoms with Crippen molar-refractivity contribution in [3.8, 4) is 0 Å². The number of carboxylic acids is 2. The molecule has 2 aliphatic heterocycles. The fourth-order valence-electron chi connectivity index (χ4n) is 3.98. The molecule has 4 unspecified atom stereocenters. The van der Waals surface area contributed by atoms with E-state index in [0.717, 1.165) is 50.3 Å². The van der Waals surface area contributed by atoms with Crippen molar-refractivity contribution >= 4 is 41.5 Å². The SMILES string of the molecule is CC(SCCNCCCCCC1SCC2NC(=O)NC21)c1cnc(C(=O)O)c(C(=O)O)c1. The number of amides is 2. The van der Waals surface area contributed by atoms with E-state index in [9.17, 15) is 19.5 Å². The standard InChI is InChI=1S/C21H30N4O5S2/c1-12(13-9-14(19(26)27)17(20(28)29)23-10-13)31-8-7-22-6-4-2-3-5-16-18-15(11-32-16)24-21(30)25-18/h9-10,12,15-16,18,22H,2-8,11H2,1H3,(H,26,27)(H,28,29)(H2,24,25,30). The van der Waals surface area contributed by atoms with Crippen molar-refractivity contribution in [2.24, 2.45) is 0 Å². The third-order valence-electron chi connectivity index (χ3n) is 5.74. The molecule has 0 aliphatic carbocycles. The highest BCUT2D eigenvalue weighted by molar-refractivity contribution is 8.00. The summed E-state index contributed by atoms with van der Waals surface area (Å²) in [5.41, 5.74) is -0.00660. The molecular formula is C21H30N4O5S2. The van der Waals surface area contributed by atoms with Crippen molar-refractivity contribution in [1.29, 1.82) is 0 Å². The second-order valence-corrected chi connectivity index (χ2v) is 10.7. The van der Waals surface area contributed by atoms with Crippen molar-refractivity contribution < 1.29 is 24.6 Å². The third kappa shape index (κ3) is 6.52. The molecule has 1 aromatic rings. The zero-order valence-electron chi connectivity index (χ0n) is 18.0. The van der Waals surface area contributed by atoms with Gasteiger partial charge in [0.05, 0.1) is 17.6 Å². The van der Waals surface area contributed by atoms with Gasteiger partial charge in [-0.3, -0.25) is 0 Å². The Labute approximate surface area is 195 Å². The quantitative estimate of drug-likeness (QED) is 0.212. The predicted molar refractivity (Wildman–Crippen MR) is 126 cm³/mol. The first-order chi connectivity index (χ1) is 15.4. The molecule has 9 nitrogen and oxygen atoms in total. The highest BCUT2D eigenvalue weighted by atomic mass is 32.2. The molecule has 4 atom stereocenters. The van der Waals surface area contributed by atoms with Crippen LogP contribution in [-0.4, -0.2) is 75.1 Å². The van der Waals surface area contributed by atoms with Gasteiger partial charge >= 0.3 is 18.0 Å². The van der Waals surface area contributed by atoms with Crippen LogP contribution in [0.4, 0.5) is 4.79 Å². The van der Waals surface area contributed by atoms with Crippen LogP contribution in [0, 0.1) is 0 Å². The topological polar surface area (TPSA) is 141 Å². The Balaban J connectivity index is 1.26. The van der Waals surface area contributed by atoms with Gasteiger partial charge in [0.2, 0.25) is 0 Å². The first kappa shape index (κ1) is 24.7. The number of fused-ring (bicyclic) bond motifs is 1.